The maximum atomic E-state index is 9.30. The van der Waals surface area contributed by atoms with Gasteiger partial charge in [0.25, 0.3) is 0 Å². The van der Waals surface area contributed by atoms with Gasteiger partial charge in [-0.15, -0.1) is 6.61 Å². The Morgan fingerprint density at radius 3 is 1.67 bits per heavy atom. The van der Waals surface area contributed by atoms with Crippen LogP contribution in [0, 0.1) is 0 Å². The SMILES string of the molecule is CCC[O-].[CH3][Mg+]. The predicted octanol–water partition coefficient (Wildman–Crippen LogP) is -0.0403. The Morgan fingerprint density at radius 2 is 1.67 bits per heavy atom. The molecule has 0 aromatic rings. The van der Waals surface area contributed by atoms with Crippen LogP contribution >= 0.6 is 0 Å². The molecule has 6 heavy (non-hydrogen) atoms. The minimum atomic E-state index is 0.0694. The van der Waals surface area contributed by atoms with Gasteiger partial charge in [-0.25, -0.2) is 0 Å². The second kappa shape index (κ2) is 17.2. The second-order valence-corrected chi connectivity index (χ2v) is 0.704. The van der Waals surface area contributed by atoms with Crippen molar-refractivity contribution in [2.75, 3.05) is 6.61 Å². The van der Waals surface area contributed by atoms with Crippen molar-refractivity contribution >= 4 is 21.7 Å². The molecule has 0 aromatic carbocycles. The van der Waals surface area contributed by atoms with Crippen molar-refractivity contribution < 1.29 is 5.11 Å². The van der Waals surface area contributed by atoms with Crippen LogP contribution in [-0.4, -0.2) is 28.3 Å². The van der Waals surface area contributed by atoms with Gasteiger partial charge in [0.15, 0.2) is 0 Å². The van der Waals surface area contributed by atoms with Crippen LogP contribution in [0.5, 0.6) is 0 Å². The summed E-state index contributed by atoms with van der Waals surface area (Å²) in [6.07, 6.45) is 0.764. The van der Waals surface area contributed by atoms with Crippen molar-refractivity contribution in [3.8, 4) is 0 Å². The molecule has 0 unspecified atom stereocenters. The molecule has 0 bridgehead atoms. The molecule has 0 radical (unpaired) electrons. The Hall–Kier alpha value is 0.726. The molecule has 0 rings (SSSR count). The van der Waals surface area contributed by atoms with Gasteiger partial charge in [0, 0.05) is 0 Å². The van der Waals surface area contributed by atoms with Crippen molar-refractivity contribution in [1.82, 2.24) is 0 Å². The zero-order valence-corrected chi connectivity index (χ0v) is 5.94. The molecule has 0 aromatic heterocycles. The molecular weight excluding hydrogens is 88.3 g/mol. The van der Waals surface area contributed by atoms with E-state index in [4.69, 9.17) is 0 Å². The molecule has 2 heteroatoms. The molecular formula is C4H10MgO. The Bertz CT molecular complexity index is 9.51. The molecule has 0 spiro atoms. The zero-order chi connectivity index (χ0) is 5.41. The maximum absolute atomic E-state index is 9.30. The molecule has 0 aliphatic rings. The van der Waals surface area contributed by atoms with Gasteiger partial charge in [-0.3, -0.25) is 0 Å². The van der Waals surface area contributed by atoms with E-state index in [2.05, 4.69) is 0 Å². The van der Waals surface area contributed by atoms with Crippen molar-refractivity contribution in [1.29, 1.82) is 0 Å². The van der Waals surface area contributed by atoms with Crippen LogP contribution in [0.4, 0.5) is 0 Å². The van der Waals surface area contributed by atoms with Crippen molar-refractivity contribution in [3.63, 3.8) is 0 Å². The molecule has 0 saturated carbocycles. The Balaban J connectivity index is 0. The van der Waals surface area contributed by atoms with Crippen LogP contribution in [0.2, 0.25) is 5.05 Å². The molecule has 0 fully saturated rings. The van der Waals surface area contributed by atoms with Gasteiger partial charge in [-0.1, -0.05) is 13.3 Å². The molecule has 0 amide bonds. The first-order valence-corrected chi connectivity index (χ1v) is 3.62. The average Bonchev–Trinajstić information content (AvgIpc) is 1.72. The summed E-state index contributed by atoms with van der Waals surface area (Å²) in [5.41, 5.74) is 0. The summed E-state index contributed by atoms with van der Waals surface area (Å²) >= 11 is 1.86. The minimum absolute atomic E-state index is 0.0694. The van der Waals surface area contributed by atoms with Gasteiger partial charge in [0.05, 0.1) is 0 Å². The van der Waals surface area contributed by atoms with Gasteiger partial charge < -0.3 is 5.11 Å². The van der Waals surface area contributed by atoms with E-state index in [9.17, 15) is 5.11 Å². The van der Waals surface area contributed by atoms with Gasteiger partial charge in [0.1, 0.15) is 0 Å². The summed E-state index contributed by atoms with van der Waals surface area (Å²) in [5, 5.41) is 11.3. The molecule has 1 nitrogen and oxygen atoms in total. The van der Waals surface area contributed by atoms with E-state index < -0.39 is 0 Å². The van der Waals surface area contributed by atoms with E-state index in [0.29, 0.717) is 0 Å². The standard InChI is InChI=1S/C3H7O.CH3.Mg/c1-2-3-4;;/h2-3H2,1H3;1H3;/q-1;;+1. The summed E-state index contributed by atoms with van der Waals surface area (Å²) in [5.74, 6) is 0. The molecule has 0 saturated heterocycles. The van der Waals surface area contributed by atoms with Crippen LogP contribution < -0.4 is 5.11 Å². The molecule has 0 heterocycles. The van der Waals surface area contributed by atoms with E-state index in [0.717, 1.165) is 6.42 Å². The second-order valence-electron chi connectivity index (χ2n) is 0.704. The summed E-state index contributed by atoms with van der Waals surface area (Å²) in [4.78, 5) is 0. The van der Waals surface area contributed by atoms with Gasteiger partial charge >= 0.3 is 26.8 Å². The summed E-state index contributed by atoms with van der Waals surface area (Å²) in [6, 6.07) is 0. The quantitative estimate of drug-likeness (QED) is 0.422. The summed E-state index contributed by atoms with van der Waals surface area (Å²) in [6.45, 7) is 1.94. The van der Waals surface area contributed by atoms with E-state index in [1.54, 1.807) is 0 Å². The first-order chi connectivity index (χ1) is 2.91. The normalized spacial score (nSPS) is 6.17. The van der Waals surface area contributed by atoms with Gasteiger partial charge in [-0.2, -0.15) is 0 Å². The molecule has 0 aliphatic carbocycles. The molecule has 0 aliphatic heterocycles. The van der Waals surface area contributed by atoms with Crippen LogP contribution in [0.3, 0.4) is 0 Å². The Kier molecular flexibility index (Phi) is 28.3. The topological polar surface area (TPSA) is 23.1 Å². The van der Waals surface area contributed by atoms with E-state index in [1.165, 1.54) is 0 Å². The zero-order valence-electron chi connectivity index (χ0n) is 4.53. The third-order valence-corrected chi connectivity index (χ3v) is 0.204. The number of hydrogen-bond donors (Lipinski definition) is 0. The van der Waals surface area contributed by atoms with Gasteiger partial charge in [-0.05, 0) is 0 Å². The number of hydrogen-bond acceptors (Lipinski definition) is 1. The predicted molar refractivity (Wildman–Crippen MR) is 26.8 cm³/mol. The van der Waals surface area contributed by atoms with Crippen molar-refractivity contribution in [2.24, 2.45) is 0 Å². The Morgan fingerprint density at radius 1 is 1.50 bits per heavy atom. The van der Waals surface area contributed by atoms with E-state index in [1.807, 2.05) is 33.7 Å². The first-order valence-electron chi connectivity index (χ1n) is 2.20. The average molecular weight is 98.4 g/mol. The monoisotopic (exact) mass is 98.1 g/mol. The summed E-state index contributed by atoms with van der Waals surface area (Å²) in [7, 11) is 0. The van der Waals surface area contributed by atoms with Crippen LogP contribution in [-0.2, 0) is 0 Å². The van der Waals surface area contributed by atoms with Gasteiger partial charge in [0.2, 0.25) is 0 Å². The third-order valence-electron chi connectivity index (χ3n) is 0.204. The summed E-state index contributed by atoms with van der Waals surface area (Å²) < 4.78 is 0. The third kappa shape index (κ3) is 22.0. The van der Waals surface area contributed by atoms with Crippen LogP contribution in [0.15, 0.2) is 0 Å². The van der Waals surface area contributed by atoms with Crippen molar-refractivity contribution in [3.05, 3.63) is 0 Å². The van der Waals surface area contributed by atoms with E-state index >= 15 is 0 Å². The molecule has 34 valence electrons. The fourth-order valence-corrected chi connectivity index (χ4v) is 0. The first kappa shape index (κ1) is 9.87. The number of rotatable bonds is 1. The fourth-order valence-electron chi connectivity index (χ4n) is 0. The van der Waals surface area contributed by atoms with Crippen molar-refractivity contribution in [2.45, 2.75) is 18.4 Å². The Labute approximate surface area is 52.2 Å². The van der Waals surface area contributed by atoms with E-state index in [-0.39, 0.29) is 6.61 Å². The van der Waals surface area contributed by atoms with Crippen LogP contribution in [0.1, 0.15) is 13.3 Å². The molecule has 0 N–H and O–H groups in total. The molecule has 0 atom stereocenters. The van der Waals surface area contributed by atoms with Crippen LogP contribution in [0.25, 0.3) is 0 Å². The fraction of sp³-hybridized carbons (Fsp3) is 1.00.